The predicted molar refractivity (Wildman–Crippen MR) is 106 cm³/mol. The molecule has 0 fully saturated rings. The van der Waals surface area contributed by atoms with Crippen molar-refractivity contribution in [2.75, 3.05) is 11.1 Å². The van der Waals surface area contributed by atoms with E-state index in [0.29, 0.717) is 5.56 Å². The maximum atomic E-state index is 12.9. The lowest BCUT2D eigenvalue weighted by Gasteiger charge is -2.19. The Hall–Kier alpha value is -3.14. The molecule has 0 saturated carbocycles. The van der Waals surface area contributed by atoms with Crippen LogP contribution in [0.4, 0.5) is 18.9 Å². The minimum Gasteiger partial charge on any atom is -0.447 e. The van der Waals surface area contributed by atoms with Crippen molar-refractivity contribution in [3.63, 3.8) is 0 Å². The number of alkyl halides is 3. The van der Waals surface area contributed by atoms with Crippen LogP contribution in [0.5, 0.6) is 0 Å². The van der Waals surface area contributed by atoms with Crippen molar-refractivity contribution in [1.82, 2.24) is 0 Å². The Morgan fingerprint density at radius 3 is 2.42 bits per heavy atom. The summed E-state index contributed by atoms with van der Waals surface area (Å²) in [7, 11) is -3.35. The first-order valence-corrected chi connectivity index (χ1v) is 10.9. The molecule has 2 aromatic rings. The molecule has 0 spiro atoms. The summed E-state index contributed by atoms with van der Waals surface area (Å²) >= 11 is 0. The first-order chi connectivity index (χ1) is 14.5. The number of rotatable bonds is 6. The Kier molecular flexibility index (Phi) is 6.49. The van der Waals surface area contributed by atoms with Crippen LogP contribution in [-0.2, 0) is 30.3 Å². The quantitative estimate of drug-likeness (QED) is 0.671. The molecule has 0 aliphatic carbocycles. The van der Waals surface area contributed by atoms with Crippen molar-refractivity contribution in [1.29, 1.82) is 0 Å². The number of benzene rings is 2. The normalized spacial score (nSPS) is 18.4. The number of ether oxygens (including phenoxy) is 1. The van der Waals surface area contributed by atoms with Gasteiger partial charge in [-0.3, -0.25) is 9.59 Å². The number of anilines is 1. The molecule has 0 bridgehead atoms. The van der Waals surface area contributed by atoms with Gasteiger partial charge in [-0.15, -0.1) is 0 Å². The molecule has 164 valence electrons. The van der Waals surface area contributed by atoms with E-state index in [1.807, 2.05) is 0 Å². The third-order valence-corrected chi connectivity index (χ3v) is 5.95. The zero-order chi connectivity index (χ0) is 22.6. The predicted octanol–water partition coefficient (Wildman–Crippen LogP) is 3.88. The van der Waals surface area contributed by atoms with Gasteiger partial charge in [-0.25, -0.2) is 8.42 Å². The molecule has 1 N–H and O–H groups in total. The van der Waals surface area contributed by atoms with E-state index in [9.17, 15) is 31.2 Å². The summed E-state index contributed by atoms with van der Waals surface area (Å²) in [5, 5.41) is 3.37. The maximum Gasteiger partial charge on any atom is 0.416 e. The highest BCUT2D eigenvalue weighted by molar-refractivity contribution is 7.94. The lowest BCUT2D eigenvalue weighted by molar-refractivity contribution is -0.155. The SMILES string of the molecule is O=C(CC1C=CS(=O)(=O)C1)OC(C(=O)Nc1cccc(C(F)(F)F)c1)c1ccccc1. The first-order valence-electron chi connectivity index (χ1n) is 9.17. The first kappa shape index (κ1) is 22.5. The van der Waals surface area contributed by atoms with Crippen LogP contribution in [0, 0.1) is 5.92 Å². The zero-order valence-electron chi connectivity index (χ0n) is 16.0. The van der Waals surface area contributed by atoms with Gasteiger partial charge in [-0.05, 0) is 18.2 Å². The maximum absolute atomic E-state index is 12.9. The molecular weight excluding hydrogens is 435 g/mol. The molecule has 2 unspecified atom stereocenters. The Balaban J connectivity index is 1.76. The Morgan fingerprint density at radius 2 is 1.81 bits per heavy atom. The molecule has 1 amide bonds. The largest absolute Gasteiger partial charge is 0.447 e. The number of carbonyl (C=O) groups excluding carboxylic acids is 2. The molecule has 6 nitrogen and oxygen atoms in total. The fraction of sp³-hybridized carbons (Fsp3) is 0.238. The topological polar surface area (TPSA) is 89.5 Å². The van der Waals surface area contributed by atoms with Crippen molar-refractivity contribution < 1.29 is 35.9 Å². The number of hydrogen-bond donors (Lipinski definition) is 1. The van der Waals surface area contributed by atoms with Gasteiger partial charge in [0.2, 0.25) is 6.10 Å². The van der Waals surface area contributed by atoms with Crippen molar-refractivity contribution in [2.24, 2.45) is 5.92 Å². The van der Waals surface area contributed by atoms with Gasteiger partial charge in [0.25, 0.3) is 5.91 Å². The monoisotopic (exact) mass is 453 g/mol. The standard InChI is InChI=1S/C21H18F3NO5S/c22-21(23,24)16-7-4-8-17(12-16)25-20(27)19(15-5-2-1-3-6-15)30-18(26)11-14-9-10-31(28,29)13-14/h1-10,12,14,19H,11,13H2,(H,25,27). The van der Waals surface area contributed by atoms with Crippen molar-refractivity contribution in [3.8, 4) is 0 Å². The molecule has 31 heavy (non-hydrogen) atoms. The number of hydrogen-bond acceptors (Lipinski definition) is 5. The summed E-state index contributed by atoms with van der Waals surface area (Å²) < 4.78 is 67.0. The average molecular weight is 453 g/mol. The van der Waals surface area contributed by atoms with Gasteiger partial charge < -0.3 is 10.1 Å². The number of amides is 1. The summed E-state index contributed by atoms with van der Waals surface area (Å²) in [6, 6.07) is 12.0. The van der Waals surface area contributed by atoms with Gasteiger partial charge in [0.05, 0.1) is 17.7 Å². The minimum atomic E-state index is -4.58. The highest BCUT2D eigenvalue weighted by Crippen LogP contribution is 2.31. The summed E-state index contributed by atoms with van der Waals surface area (Å²) in [5.74, 6) is -2.44. The second kappa shape index (κ2) is 8.93. The van der Waals surface area contributed by atoms with Crippen LogP contribution in [0.15, 0.2) is 66.1 Å². The smallest absolute Gasteiger partial charge is 0.416 e. The molecule has 1 heterocycles. The fourth-order valence-corrected chi connectivity index (χ4v) is 4.44. The molecule has 3 rings (SSSR count). The van der Waals surface area contributed by atoms with Crippen LogP contribution < -0.4 is 5.32 Å². The van der Waals surface area contributed by atoms with Gasteiger partial charge in [-0.1, -0.05) is 42.5 Å². The molecule has 0 radical (unpaired) electrons. The number of carbonyl (C=O) groups is 2. The molecule has 0 aromatic heterocycles. The zero-order valence-corrected chi connectivity index (χ0v) is 16.8. The molecule has 10 heteroatoms. The number of nitrogens with one attached hydrogen (secondary N) is 1. The van der Waals surface area contributed by atoms with Crippen LogP contribution in [-0.4, -0.2) is 26.0 Å². The van der Waals surface area contributed by atoms with E-state index < -0.39 is 45.5 Å². The van der Waals surface area contributed by atoms with E-state index in [4.69, 9.17) is 4.74 Å². The van der Waals surface area contributed by atoms with Crippen LogP contribution in [0.25, 0.3) is 0 Å². The van der Waals surface area contributed by atoms with E-state index in [1.165, 1.54) is 24.3 Å². The van der Waals surface area contributed by atoms with E-state index in [-0.39, 0.29) is 17.9 Å². The second-order valence-electron chi connectivity index (χ2n) is 6.97. The third kappa shape index (κ3) is 6.17. The summed E-state index contributed by atoms with van der Waals surface area (Å²) in [4.78, 5) is 25.1. The Labute approximate surface area is 176 Å². The van der Waals surface area contributed by atoms with E-state index in [1.54, 1.807) is 18.2 Å². The van der Waals surface area contributed by atoms with Crippen LogP contribution >= 0.6 is 0 Å². The second-order valence-corrected chi connectivity index (χ2v) is 8.90. The number of allylic oxidation sites excluding steroid dienone is 1. The average Bonchev–Trinajstić information content (AvgIpc) is 3.04. The van der Waals surface area contributed by atoms with Crippen LogP contribution in [0.3, 0.4) is 0 Å². The van der Waals surface area contributed by atoms with Gasteiger partial charge in [-0.2, -0.15) is 13.2 Å². The van der Waals surface area contributed by atoms with Crippen molar-refractivity contribution in [3.05, 3.63) is 77.2 Å². The summed E-state index contributed by atoms with van der Waals surface area (Å²) in [5.41, 5.74) is -0.732. The van der Waals surface area contributed by atoms with E-state index in [0.717, 1.165) is 23.6 Å². The number of halogens is 3. The van der Waals surface area contributed by atoms with Crippen LogP contribution in [0.2, 0.25) is 0 Å². The van der Waals surface area contributed by atoms with Gasteiger partial charge in [0.1, 0.15) is 0 Å². The lowest BCUT2D eigenvalue weighted by Crippen LogP contribution is -2.27. The fourth-order valence-electron chi connectivity index (χ4n) is 3.04. The van der Waals surface area contributed by atoms with Crippen molar-refractivity contribution in [2.45, 2.75) is 18.7 Å². The molecule has 2 atom stereocenters. The highest BCUT2D eigenvalue weighted by Gasteiger charge is 2.32. The highest BCUT2D eigenvalue weighted by atomic mass is 32.2. The van der Waals surface area contributed by atoms with E-state index in [2.05, 4.69) is 5.32 Å². The third-order valence-electron chi connectivity index (χ3n) is 4.48. The van der Waals surface area contributed by atoms with E-state index >= 15 is 0 Å². The molecule has 1 aliphatic heterocycles. The van der Waals surface area contributed by atoms with Gasteiger partial charge in [0.15, 0.2) is 9.84 Å². The summed E-state index contributed by atoms with van der Waals surface area (Å²) in [6.07, 6.45) is -4.88. The number of sulfone groups is 1. The minimum absolute atomic E-state index is 0.110. The molecule has 0 saturated heterocycles. The lowest BCUT2D eigenvalue weighted by atomic mass is 10.1. The number of esters is 1. The Bertz CT molecular complexity index is 1100. The molecular formula is C21H18F3NO5S. The molecule has 1 aliphatic rings. The van der Waals surface area contributed by atoms with Gasteiger partial charge in [0, 0.05) is 22.6 Å². The molecule has 2 aromatic carbocycles. The van der Waals surface area contributed by atoms with Crippen molar-refractivity contribution >= 4 is 27.4 Å². The Morgan fingerprint density at radius 1 is 1.10 bits per heavy atom. The van der Waals surface area contributed by atoms with Crippen LogP contribution in [0.1, 0.15) is 23.7 Å². The van der Waals surface area contributed by atoms with Gasteiger partial charge >= 0.3 is 12.1 Å². The summed E-state index contributed by atoms with van der Waals surface area (Å²) in [6.45, 7) is 0.